The Labute approximate surface area is 65.3 Å². The van der Waals surface area contributed by atoms with Gasteiger partial charge in [-0.05, 0) is 0 Å². The molecule has 0 atom stereocenters. The quantitative estimate of drug-likeness (QED) is 0.527. The predicted octanol–water partition coefficient (Wildman–Crippen LogP) is -1.70. The molecular weight excluding hydrogens is 192 g/mol. The standard InChI is InChI=1S/C3H8N2O4S2/c1-2-3-10(6,7)5-11(4,8)9/h2,5H,1,3H2,(H2,4,8,9). The Morgan fingerprint density at radius 3 is 2.09 bits per heavy atom. The van der Waals surface area contributed by atoms with Crippen molar-refractivity contribution in [3.05, 3.63) is 12.7 Å². The van der Waals surface area contributed by atoms with Gasteiger partial charge < -0.3 is 0 Å². The Balaban J connectivity index is 4.52. The zero-order valence-corrected chi connectivity index (χ0v) is 7.15. The lowest BCUT2D eigenvalue weighted by Gasteiger charge is -1.99. The van der Waals surface area contributed by atoms with Gasteiger partial charge in [0.2, 0.25) is 10.0 Å². The van der Waals surface area contributed by atoms with Crippen LogP contribution in [0.1, 0.15) is 0 Å². The molecule has 0 saturated heterocycles. The molecule has 0 bridgehead atoms. The Hall–Kier alpha value is -0.440. The van der Waals surface area contributed by atoms with E-state index >= 15 is 0 Å². The zero-order chi connectivity index (χ0) is 9.12. The van der Waals surface area contributed by atoms with E-state index in [0.717, 1.165) is 6.08 Å². The summed E-state index contributed by atoms with van der Waals surface area (Å²) >= 11 is 0. The topological polar surface area (TPSA) is 106 Å². The van der Waals surface area contributed by atoms with Crippen LogP contribution in [0, 0.1) is 0 Å². The van der Waals surface area contributed by atoms with Crippen LogP contribution in [0.5, 0.6) is 0 Å². The summed E-state index contributed by atoms with van der Waals surface area (Å²) in [6, 6.07) is 0. The number of rotatable bonds is 4. The highest BCUT2D eigenvalue weighted by molar-refractivity contribution is 8.03. The van der Waals surface area contributed by atoms with Crippen LogP contribution in [0.2, 0.25) is 0 Å². The third-order valence-electron chi connectivity index (χ3n) is 0.580. The second-order valence-corrected chi connectivity index (χ2v) is 5.02. The monoisotopic (exact) mass is 200 g/mol. The van der Waals surface area contributed by atoms with E-state index in [1.807, 2.05) is 0 Å². The van der Waals surface area contributed by atoms with Crippen LogP contribution >= 0.6 is 0 Å². The van der Waals surface area contributed by atoms with Crippen molar-refractivity contribution in [1.82, 2.24) is 4.13 Å². The summed E-state index contributed by atoms with van der Waals surface area (Å²) in [7, 11) is -8.06. The number of nitrogens with two attached hydrogens (primary N) is 1. The molecule has 0 heterocycles. The van der Waals surface area contributed by atoms with Crippen molar-refractivity contribution in [2.75, 3.05) is 5.75 Å². The van der Waals surface area contributed by atoms with E-state index in [-0.39, 0.29) is 0 Å². The van der Waals surface area contributed by atoms with Crippen molar-refractivity contribution in [3.8, 4) is 0 Å². The lowest BCUT2D eigenvalue weighted by Crippen LogP contribution is -2.36. The van der Waals surface area contributed by atoms with Crippen LogP contribution in [0.15, 0.2) is 12.7 Å². The molecule has 0 aromatic heterocycles. The normalized spacial score (nSPS) is 12.8. The van der Waals surface area contributed by atoms with E-state index in [0.29, 0.717) is 0 Å². The average molecular weight is 200 g/mol. The van der Waals surface area contributed by atoms with Gasteiger partial charge in [-0.2, -0.15) is 8.42 Å². The molecule has 0 spiro atoms. The van der Waals surface area contributed by atoms with Crippen molar-refractivity contribution in [2.24, 2.45) is 5.14 Å². The summed E-state index contributed by atoms with van der Waals surface area (Å²) < 4.78 is 42.8. The molecule has 0 unspecified atom stereocenters. The van der Waals surface area contributed by atoms with E-state index in [4.69, 9.17) is 0 Å². The SMILES string of the molecule is C=CCS(=O)(=O)NS(N)(=O)=O. The van der Waals surface area contributed by atoms with Gasteiger partial charge in [0.1, 0.15) is 0 Å². The Morgan fingerprint density at radius 1 is 1.36 bits per heavy atom. The molecule has 66 valence electrons. The van der Waals surface area contributed by atoms with E-state index < -0.39 is 26.0 Å². The molecule has 0 aliphatic heterocycles. The van der Waals surface area contributed by atoms with Crippen LogP contribution in [-0.4, -0.2) is 22.6 Å². The van der Waals surface area contributed by atoms with Crippen LogP contribution in [0.3, 0.4) is 0 Å². The highest BCUT2D eigenvalue weighted by atomic mass is 32.3. The van der Waals surface area contributed by atoms with Gasteiger partial charge in [0.05, 0.1) is 5.75 Å². The molecule has 0 amide bonds. The molecule has 0 aliphatic rings. The molecule has 8 heteroatoms. The average Bonchev–Trinajstić information content (AvgIpc) is 1.55. The summed E-state index contributed by atoms with van der Waals surface area (Å²) in [6.07, 6.45) is 1.05. The lowest BCUT2D eigenvalue weighted by atomic mass is 10.8. The van der Waals surface area contributed by atoms with Crippen LogP contribution in [0.4, 0.5) is 0 Å². The van der Waals surface area contributed by atoms with E-state index in [2.05, 4.69) is 11.7 Å². The first-order valence-corrected chi connectivity index (χ1v) is 5.61. The van der Waals surface area contributed by atoms with Gasteiger partial charge >= 0.3 is 0 Å². The number of hydrogen-bond acceptors (Lipinski definition) is 4. The summed E-state index contributed by atoms with van der Waals surface area (Å²) in [5.41, 5.74) is 0. The van der Waals surface area contributed by atoms with Crippen molar-refractivity contribution in [2.45, 2.75) is 0 Å². The molecule has 0 aromatic carbocycles. The van der Waals surface area contributed by atoms with Crippen LogP contribution in [0.25, 0.3) is 0 Å². The predicted molar refractivity (Wildman–Crippen MR) is 40.2 cm³/mol. The molecule has 0 radical (unpaired) electrons. The maximum atomic E-state index is 10.6. The molecule has 3 N–H and O–H groups in total. The summed E-state index contributed by atoms with van der Waals surface area (Å²) in [5, 5.41) is 4.40. The molecule has 6 nitrogen and oxygen atoms in total. The molecule has 0 fully saturated rings. The van der Waals surface area contributed by atoms with Crippen molar-refractivity contribution in [3.63, 3.8) is 0 Å². The second-order valence-electron chi connectivity index (χ2n) is 1.70. The zero-order valence-electron chi connectivity index (χ0n) is 5.52. The molecule has 0 saturated carbocycles. The van der Waals surface area contributed by atoms with Crippen molar-refractivity contribution >= 4 is 20.2 Å². The van der Waals surface area contributed by atoms with E-state index in [9.17, 15) is 16.8 Å². The molecule has 0 aliphatic carbocycles. The highest BCUT2D eigenvalue weighted by Gasteiger charge is 2.13. The number of sulfonamides is 1. The van der Waals surface area contributed by atoms with E-state index in [1.165, 1.54) is 4.13 Å². The molecule has 11 heavy (non-hydrogen) atoms. The smallest absolute Gasteiger partial charge is 0.215 e. The Bertz CT molecular complexity index is 326. The summed E-state index contributed by atoms with van der Waals surface area (Å²) in [4.78, 5) is 0. The minimum absolute atomic E-state index is 0.483. The molecule has 0 aromatic rings. The van der Waals surface area contributed by atoms with Gasteiger partial charge in [0, 0.05) is 0 Å². The fourth-order valence-corrected chi connectivity index (χ4v) is 2.36. The fourth-order valence-electron chi connectivity index (χ4n) is 0.366. The van der Waals surface area contributed by atoms with Crippen LogP contribution in [-0.2, 0) is 20.2 Å². The van der Waals surface area contributed by atoms with Crippen molar-refractivity contribution < 1.29 is 16.8 Å². The van der Waals surface area contributed by atoms with Crippen molar-refractivity contribution in [1.29, 1.82) is 0 Å². The first kappa shape index (κ1) is 10.6. The minimum Gasteiger partial charge on any atom is -0.215 e. The van der Waals surface area contributed by atoms with Gasteiger partial charge in [-0.15, -0.1) is 6.58 Å². The Kier molecular flexibility index (Phi) is 3.17. The maximum Gasteiger partial charge on any atom is 0.287 e. The van der Waals surface area contributed by atoms with Gasteiger partial charge in [-0.3, -0.25) is 0 Å². The first-order valence-electron chi connectivity index (χ1n) is 2.42. The van der Waals surface area contributed by atoms with E-state index in [1.54, 1.807) is 0 Å². The third-order valence-corrected chi connectivity index (χ3v) is 3.20. The van der Waals surface area contributed by atoms with Gasteiger partial charge in [-0.25, -0.2) is 13.6 Å². The largest absolute Gasteiger partial charge is 0.287 e. The summed E-state index contributed by atoms with van der Waals surface area (Å²) in [5.74, 6) is -0.483. The van der Waals surface area contributed by atoms with Gasteiger partial charge in [-0.1, -0.05) is 10.2 Å². The highest BCUT2D eigenvalue weighted by Crippen LogP contribution is 1.85. The van der Waals surface area contributed by atoms with Gasteiger partial charge in [0.25, 0.3) is 10.2 Å². The third kappa shape index (κ3) is 5.98. The van der Waals surface area contributed by atoms with Crippen LogP contribution < -0.4 is 9.27 Å². The maximum absolute atomic E-state index is 10.6. The first-order chi connectivity index (χ1) is 4.77. The lowest BCUT2D eigenvalue weighted by molar-refractivity contribution is 0.579. The number of nitrogens with one attached hydrogen (secondary N) is 1. The second kappa shape index (κ2) is 3.30. The number of hydrogen-bond donors (Lipinski definition) is 2. The van der Waals surface area contributed by atoms with Gasteiger partial charge in [0.15, 0.2) is 0 Å². The summed E-state index contributed by atoms with van der Waals surface area (Å²) in [6.45, 7) is 3.12. The minimum atomic E-state index is -4.19. The molecular formula is C3H8N2O4S2. The Morgan fingerprint density at radius 2 is 1.82 bits per heavy atom. The fraction of sp³-hybridized carbons (Fsp3) is 0.333. The molecule has 0 rings (SSSR count).